The summed E-state index contributed by atoms with van der Waals surface area (Å²) in [6.07, 6.45) is 0. The van der Waals surface area contributed by atoms with E-state index in [1.807, 2.05) is 11.3 Å². The van der Waals surface area contributed by atoms with Gasteiger partial charge in [-0.3, -0.25) is 0 Å². The summed E-state index contributed by atoms with van der Waals surface area (Å²) in [4.78, 5) is 4.84. The van der Waals surface area contributed by atoms with E-state index < -0.39 is 0 Å². The molecule has 5 nitrogen and oxygen atoms in total. The smallest absolute Gasteiger partial charge is 0.143 e. The van der Waals surface area contributed by atoms with Crippen molar-refractivity contribution in [3.63, 3.8) is 0 Å². The quantitative estimate of drug-likeness (QED) is 0.166. The maximum Gasteiger partial charge on any atom is 0.143 e. The number of hydrogen-bond acceptors (Lipinski definition) is 5. The fraction of sp³-hybridized carbons (Fsp3) is 0.0476. The third-order valence-electron chi connectivity index (χ3n) is 19.5. The fourth-order valence-corrected chi connectivity index (χ4v) is 16.2. The normalized spacial score (nSPS) is 12.6. The number of rotatable bonds is 6. The Labute approximate surface area is 520 Å². The molecule has 5 heterocycles. The van der Waals surface area contributed by atoms with E-state index in [1.165, 1.54) is 107 Å². The van der Waals surface area contributed by atoms with E-state index >= 15 is 0 Å². The molecule has 0 saturated carbocycles. The lowest BCUT2D eigenvalue weighted by atomic mass is 9.85. The largest absolute Gasteiger partial charge is 0.455 e. The first kappa shape index (κ1) is 49.9. The van der Waals surface area contributed by atoms with E-state index in [2.05, 4.69) is 302 Å². The SMILES string of the molecule is CC(C)(C)c1cc2c3ccc(N(c4ccc5ccccc5c4)c4ccc5oc6c7ccccc7ccc6c5c4)cc3n3c4cc5cc6c(cc5cc4c(c1)c23)sc1cc(N(c2ccc3ccccc3c2)c2ccc3oc4c5ccccc5ccc4c3c2)ccc16. The van der Waals surface area contributed by atoms with Gasteiger partial charge in [-0.2, -0.15) is 0 Å². The topological polar surface area (TPSA) is 37.2 Å². The number of thiophene rings is 1. The van der Waals surface area contributed by atoms with Crippen molar-refractivity contribution in [1.29, 1.82) is 0 Å². The van der Waals surface area contributed by atoms with Gasteiger partial charge in [0.2, 0.25) is 0 Å². The highest BCUT2D eigenvalue weighted by molar-refractivity contribution is 7.26. The van der Waals surface area contributed by atoms with Gasteiger partial charge in [-0.25, -0.2) is 0 Å². The third kappa shape index (κ3) is 7.25. The molecule has 0 saturated heterocycles. The predicted octanol–water partition coefficient (Wildman–Crippen LogP) is 25.0. The molecule has 0 aliphatic rings. The molecule has 20 aromatic rings. The highest BCUT2D eigenvalue weighted by atomic mass is 32.1. The van der Waals surface area contributed by atoms with Crippen molar-refractivity contribution in [2.45, 2.75) is 26.2 Å². The molecular weight excluding hydrogens is 1120 g/mol. The summed E-state index contributed by atoms with van der Waals surface area (Å²) >= 11 is 1.88. The van der Waals surface area contributed by atoms with Crippen molar-refractivity contribution < 1.29 is 8.83 Å². The van der Waals surface area contributed by atoms with Gasteiger partial charge < -0.3 is 23.0 Å². The van der Waals surface area contributed by atoms with Gasteiger partial charge in [0, 0.05) is 108 Å². The number of aromatic nitrogens is 1. The molecule has 6 heteroatoms. The van der Waals surface area contributed by atoms with E-state index in [1.54, 1.807) is 0 Å². The van der Waals surface area contributed by atoms with Gasteiger partial charge in [0.15, 0.2) is 0 Å². The average molecular weight is 1170 g/mol. The van der Waals surface area contributed by atoms with Crippen LogP contribution in [0.1, 0.15) is 26.3 Å². The highest BCUT2D eigenvalue weighted by Gasteiger charge is 2.26. The molecule has 422 valence electrons. The lowest BCUT2D eigenvalue weighted by molar-refractivity contribution is 0.592. The number of nitrogens with zero attached hydrogens (tertiary/aromatic N) is 3. The van der Waals surface area contributed by atoms with E-state index in [0.29, 0.717) is 0 Å². The van der Waals surface area contributed by atoms with Crippen LogP contribution in [0, 0.1) is 0 Å². The van der Waals surface area contributed by atoms with Gasteiger partial charge in [-0.15, -0.1) is 11.3 Å². The molecule has 0 unspecified atom stereocenters. The average Bonchev–Trinajstić information content (AvgIpc) is 1.55. The zero-order valence-corrected chi connectivity index (χ0v) is 50.3. The number of furan rings is 2. The molecule has 0 amide bonds. The van der Waals surface area contributed by atoms with E-state index in [0.717, 1.165) is 88.8 Å². The Hall–Kier alpha value is -11.2. The minimum Gasteiger partial charge on any atom is -0.455 e. The molecule has 90 heavy (non-hydrogen) atoms. The first-order valence-electron chi connectivity index (χ1n) is 31.0. The van der Waals surface area contributed by atoms with Crippen LogP contribution in [0.2, 0.25) is 0 Å². The van der Waals surface area contributed by atoms with Gasteiger partial charge in [0.1, 0.15) is 22.3 Å². The maximum absolute atomic E-state index is 6.69. The first-order valence-corrected chi connectivity index (χ1v) is 31.8. The molecule has 0 spiro atoms. The lowest BCUT2D eigenvalue weighted by Crippen LogP contribution is -2.10. The monoisotopic (exact) mass is 1170 g/mol. The Morgan fingerprint density at radius 2 is 0.722 bits per heavy atom. The summed E-state index contributed by atoms with van der Waals surface area (Å²) in [7, 11) is 0. The molecule has 0 N–H and O–H groups in total. The second kappa shape index (κ2) is 18.2. The molecule has 0 aliphatic carbocycles. The standard InChI is InChI=1S/C84H53N3O2S/c1-84(2,3)56-42-73-65-32-26-61(85(57-24-20-48-12-4-6-16-52(48)36-57)59-28-34-77-70(44-59)67-30-22-50-14-8-10-18-63(50)82(67)88-77)46-76(65)87-75-40-54-39-72-66-33-27-62(47-80(66)90-79(72)41-55(54)38-69(75)74(43-56)81(73)87)86(58-25-21-49-13-5-7-17-53(49)37-58)60-29-35-78-71(45-60)68-31-23-51-15-9-11-19-64(51)83(68)89-78/h4-47H,1-3H3. The second-order valence-electron chi connectivity index (χ2n) is 25.7. The summed E-state index contributed by atoms with van der Waals surface area (Å²) in [6, 6.07) is 99.1. The van der Waals surface area contributed by atoms with Crippen molar-refractivity contribution in [3.05, 3.63) is 272 Å². The minimum atomic E-state index is -0.0740. The van der Waals surface area contributed by atoms with Crippen LogP contribution in [0.4, 0.5) is 34.1 Å². The maximum atomic E-state index is 6.69. The molecule has 5 aromatic heterocycles. The first-order chi connectivity index (χ1) is 44.2. The van der Waals surface area contributed by atoms with Crippen LogP contribution >= 0.6 is 11.3 Å². The number of benzene rings is 15. The van der Waals surface area contributed by atoms with Crippen molar-refractivity contribution in [1.82, 2.24) is 4.40 Å². The summed E-state index contributed by atoms with van der Waals surface area (Å²) in [5.41, 5.74) is 15.0. The molecule has 0 radical (unpaired) electrons. The highest BCUT2D eigenvalue weighted by Crippen LogP contribution is 2.49. The minimum absolute atomic E-state index is 0.0740. The predicted molar refractivity (Wildman–Crippen MR) is 384 cm³/mol. The fourth-order valence-electron chi connectivity index (χ4n) is 15.0. The van der Waals surface area contributed by atoms with Crippen LogP contribution in [-0.2, 0) is 5.41 Å². The Bertz CT molecular complexity index is 6490. The summed E-state index contributed by atoms with van der Waals surface area (Å²) < 4.78 is 18.4. The van der Waals surface area contributed by atoms with Crippen LogP contribution in [0.15, 0.2) is 276 Å². The summed E-state index contributed by atoms with van der Waals surface area (Å²) in [6.45, 7) is 7.01. The molecular formula is C84H53N3O2S. The zero-order chi connectivity index (χ0) is 59.3. The van der Waals surface area contributed by atoms with Crippen LogP contribution in [0.25, 0.3) is 156 Å². The van der Waals surface area contributed by atoms with Gasteiger partial charge in [-0.05, 0) is 188 Å². The van der Waals surface area contributed by atoms with Gasteiger partial charge in [0.05, 0.1) is 16.6 Å². The zero-order valence-electron chi connectivity index (χ0n) is 49.5. The molecule has 0 fully saturated rings. The van der Waals surface area contributed by atoms with Gasteiger partial charge in [-0.1, -0.05) is 154 Å². The number of anilines is 6. The Morgan fingerprint density at radius 1 is 0.289 bits per heavy atom. The van der Waals surface area contributed by atoms with Crippen LogP contribution in [-0.4, -0.2) is 4.40 Å². The van der Waals surface area contributed by atoms with Gasteiger partial charge >= 0.3 is 0 Å². The Kier molecular flexibility index (Phi) is 10.1. The molecule has 0 atom stereocenters. The second-order valence-corrected chi connectivity index (χ2v) is 26.8. The Balaban J connectivity index is 0.768. The molecule has 0 aliphatic heterocycles. The molecule has 20 rings (SSSR count). The van der Waals surface area contributed by atoms with Crippen molar-refractivity contribution in [2.75, 3.05) is 9.80 Å². The number of hydrogen-bond donors (Lipinski definition) is 0. The van der Waals surface area contributed by atoms with Crippen LogP contribution in [0.3, 0.4) is 0 Å². The third-order valence-corrected chi connectivity index (χ3v) is 20.6. The van der Waals surface area contributed by atoms with Gasteiger partial charge in [0.25, 0.3) is 0 Å². The van der Waals surface area contributed by atoms with Crippen LogP contribution in [0.5, 0.6) is 0 Å². The lowest BCUT2D eigenvalue weighted by Gasteiger charge is -2.26. The summed E-state index contributed by atoms with van der Waals surface area (Å²) in [5, 5.41) is 23.9. The van der Waals surface area contributed by atoms with Crippen LogP contribution < -0.4 is 9.80 Å². The van der Waals surface area contributed by atoms with E-state index in [-0.39, 0.29) is 5.41 Å². The van der Waals surface area contributed by atoms with E-state index in [4.69, 9.17) is 8.83 Å². The summed E-state index contributed by atoms with van der Waals surface area (Å²) in [5.74, 6) is 0. The number of fused-ring (bicyclic) bond motifs is 22. The van der Waals surface area contributed by atoms with Crippen molar-refractivity contribution in [3.8, 4) is 0 Å². The van der Waals surface area contributed by atoms with Crippen molar-refractivity contribution >= 4 is 201 Å². The Morgan fingerprint density at radius 3 is 1.32 bits per heavy atom. The molecule has 0 bridgehead atoms. The van der Waals surface area contributed by atoms with Crippen molar-refractivity contribution in [2.24, 2.45) is 0 Å². The molecule has 15 aromatic carbocycles. The van der Waals surface area contributed by atoms with E-state index in [9.17, 15) is 0 Å².